The first-order chi connectivity index (χ1) is 15.4. The molecule has 0 aliphatic carbocycles. The first kappa shape index (κ1) is 22.5. The van der Waals surface area contributed by atoms with Crippen LogP contribution >= 0.6 is 12.2 Å². The second-order valence-corrected chi connectivity index (χ2v) is 9.24. The van der Waals surface area contributed by atoms with Crippen molar-refractivity contribution in [3.8, 4) is 5.69 Å². The van der Waals surface area contributed by atoms with Crippen LogP contribution in [0.5, 0.6) is 0 Å². The number of pyridine rings is 1. The first-order valence-electron chi connectivity index (χ1n) is 11.3. The molecule has 0 saturated carbocycles. The van der Waals surface area contributed by atoms with Crippen LogP contribution in [0.25, 0.3) is 5.69 Å². The molecule has 4 rings (SSSR count). The summed E-state index contributed by atoms with van der Waals surface area (Å²) in [7, 11) is 4.23. The number of nitrogens with one attached hydrogen (secondary N) is 1. The molecule has 3 aromatic rings. The summed E-state index contributed by atoms with van der Waals surface area (Å²) in [4.78, 5) is 9.30. The standard InChI is InChI=1S/C26H33N5S/c1-18-19(2)31(21-12-7-6-8-13-21)20(3)23(18)25-24(22-14-9-10-15-27-22)28-26(32)30(25)17-11-16-29(4)5/h6-10,12-15,24-25H,11,16-17H2,1-5H3,(H,28,32)/t24-,25+/m0/s1. The van der Waals surface area contributed by atoms with Crippen LogP contribution in [0, 0.1) is 20.8 Å². The monoisotopic (exact) mass is 447 g/mol. The van der Waals surface area contributed by atoms with E-state index in [1.54, 1.807) is 0 Å². The summed E-state index contributed by atoms with van der Waals surface area (Å²) >= 11 is 5.86. The van der Waals surface area contributed by atoms with Crippen LogP contribution in [0.15, 0.2) is 54.7 Å². The lowest BCUT2D eigenvalue weighted by Crippen LogP contribution is -2.32. The third-order valence-corrected chi connectivity index (χ3v) is 6.87. The van der Waals surface area contributed by atoms with E-state index in [1.165, 1.54) is 28.2 Å². The SMILES string of the molecule is Cc1c([C@@H]2[C@H](c3ccccn3)NC(=S)N2CCCN(C)C)c(C)n(-c2ccccc2)c1C. The summed E-state index contributed by atoms with van der Waals surface area (Å²) in [6.45, 7) is 8.63. The van der Waals surface area contributed by atoms with E-state index in [0.29, 0.717) is 0 Å². The number of rotatable bonds is 7. The predicted molar refractivity (Wildman–Crippen MR) is 135 cm³/mol. The molecule has 1 aromatic carbocycles. The van der Waals surface area contributed by atoms with Crippen molar-refractivity contribution < 1.29 is 0 Å². The molecule has 0 bridgehead atoms. The molecule has 1 aliphatic heterocycles. The summed E-state index contributed by atoms with van der Waals surface area (Å²) in [5, 5.41) is 4.42. The Morgan fingerprint density at radius 1 is 1.00 bits per heavy atom. The van der Waals surface area contributed by atoms with E-state index in [4.69, 9.17) is 17.2 Å². The fourth-order valence-corrected chi connectivity index (χ4v) is 5.26. The van der Waals surface area contributed by atoms with Gasteiger partial charge in [-0.3, -0.25) is 4.98 Å². The van der Waals surface area contributed by atoms with Gasteiger partial charge in [0.25, 0.3) is 0 Å². The highest BCUT2D eigenvalue weighted by Crippen LogP contribution is 2.43. The lowest BCUT2D eigenvalue weighted by molar-refractivity contribution is 0.291. The number of para-hydroxylation sites is 1. The van der Waals surface area contributed by atoms with Gasteiger partial charge in [0.1, 0.15) is 0 Å². The maximum absolute atomic E-state index is 5.86. The van der Waals surface area contributed by atoms with Crippen molar-refractivity contribution in [2.24, 2.45) is 0 Å². The molecule has 168 valence electrons. The molecule has 5 nitrogen and oxygen atoms in total. The molecule has 32 heavy (non-hydrogen) atoms. The van der Waals surface area contributed by atoms with Gasteiger partial charge in [-0.1, -0.05) is 24.3 Å². The van der Waals surface area contributed by atoms with Crippen molar-refractivity contribution in [3.05, 3.63) is 82.9 Å². The van der Waals surface area contributed by atoms with Crippen LogP contribution in [-0.4, -0.2) is 51.6 Å². The maximum atomic E-state index is 5.86. The average molecular weight is 448 g/mol. The van der Waals surface area contributed by atoms with Crippen LogP contribution in [0.2, 0.25) is 0 Å². The quantitative estimate of drug-likeness (QED) is 0.530. The van der Waals surface area contributed by atoms with E-state index in [1.807, 2.05) is 12.3 Å². The molecular weight excluding hydrogens is 414 g/mol. The predicted octanol–water partition coefficient (Wildman–Crippen LogP) is 4.72. The average Bonchev–Trinajstić information content (AvgIpc) is 3.22. The lowest BCUT2D eigenvalue weighted by atomic mass is 9.93. The van der Waals surface area contributed by atoms with Gasteiger partial charge in [-0.2, -0.15) is 0 Å². The molecule has 2 aromatic heterocycles. The summed E-state index contributed by atoms with van der Waals surface area (Å²) < 4.78 is 2.37. The molecule has 0 amide bonds. The number of hydrogen-bond donors (Lipinski definition) is 1. The van der Waals surface area contributed by atoms with E-state index >= 15 is 0 Å². The van der Waals surface area contributed by atoms with Crippen LogP contribution in [0.1, 0.15) is 46.7 Å². The molecule has 0 unspecified atom stereocenters. The minimum atomic E-state index is 0.0199. The molecular formula is C26H33N5S. The number of aromatic nitrogens is 2. The largest absolute Gasteiger partial charge is 0.352 e. The van der Waals surface area contributed by atoms with E-state index in [0.717, 1.165) is 30.3 Å². The first-order valence-corrected chi connectivity index (χ1v) is 11.7. The fourth-order valence-electron chi connectivity index (χ4n) is 4.92. The van der Waals surface area contributed by atoms with Crippen molar-refractivity contribution in [2.75, 3.05) is 27.2 Å². The normalized spacial score (nSPS) is 18.4. The van der Waals surface area contributed by atoms with E-state index in [2.05, 4.69) is 97.0 Å². The third kappa shape index (κ3) is 4.17. The highest BCUT2D eigenvalue weighted by Gasteiger charge is 2.42. The van der Waals surface area contributed by atoms with Crippen LogP contribution in [-0.2, 0) is 0 Å². The molecule has 0 radical (unpaired) electrons. The number of nitrogens with zero attached hydrogens (tertiary/aromatic N) is 4. The van der Waals surface area contributed by atoms with Gasteiger partial charge in [0, 0.05) is 35.4 Å². The number of benzene rings is 1. The summed E-state index contributed by atoms with van der Waals surface area (Å²) in [6, 6.07) is 16.8. The van der Waals surface area contributed by atoms with Crippen molar-refractivity contribution in [2.45, 2.75) is 39.3 Å². The van der Waals surface area contributed by atoms with Crippen LogP contribution in [0.4, 0.5) is 0 Å². The van der Waals surface area contributed by atoms with Crippen LogP contribution in [0.3, 0.4) is 0 Å². The van der Waals surface area contributed by atoms with Crippen molar-refractivity contribution in [1.82, 2.24) is 24.7 Å². The minimum Gasteiger partial charge on any atom is -0.352 e. The van der Waals surface area contributed by atoms with E-state index in [-0.39, 0.29) is 12.1 Å². The van der Waals surface area contributed by atoms with Gasteiger partial charge in [-0.15, -0.1) is 0 Å². The van der Waals surface area contributed by atoms with Crippen molar-refractivity contribution in [3.63, 3.8) is 0 Å². The molecule has 0 spiro atoms. The van der Waals surface area contributed by atoms with Crippen LogP contribution < -0.4 is 5.32 Å². The minimum absolute atomic E-state index is 0.0199. The van der Waals surface area contributed by atoms with Gasteiger partial charge in [-0.05, 0) is 89.9 Å². The highest BCUT2D eigenvalue weighted by molar-refractivity contribution is 7.80. The molecule has 2 atom stereocenters. The van der Waals surface area contributed by atoms with Gasteiger partial charge >= 0.3 is 0 Å². The molecule has 1 saturated heterocycles. The Labute approximate surface area is 197 Å². The summed E-state index contributed by atoms with van der Waals surface area (Å²) in [5.41, 5.74) is 7.43. The van der Waals surface area contributed by atoms with Gasteiger partial charge in [0.2, 0.25) is 0 Å². The van der Waals surface area contributed by atoms with Gasteiger partial charge < -0.3 is 19.7 Å². The Hall–Kier alpha value is -2.70. The number of thiocarbonyl (C=S) groups is 1. The summed E-state index contributed by atoms with van der Waals surface area (Å²) in [5.74, 6) is 0. The zero-order valence-corrected chi connectivity index (χ0v) is 20.5. The van der Waals surface area contributed by atoms with Gasteiger partial charge in [0.15, 0.2) is 5.11 Å². The maximum Gasteiger partial charge on any atom is 0.170 e. The van der Waals surface area contributed by atoms with E-state index < -0.39 is 0 Å². The van der Waals surface area contributed by atoms with E-state index in [9.17, 15) is 0 Å². The zero-order valence-electron chi connectivity index (χ0n) is 19.7. The Morgan fingerprint density at radius 3 is 2.38 bits per heavy atom. The summed E-state index contributed by atoms with van der Waals surface area (Å²) in [6.07, 6.45) is 2.92. The Bertz CT molecular complexity index is 1070. The van der Waals surface area contributed by atoms with Gasteiger partial charge in [-0.25, -0.2) is 0 Å². The third-order valence-electron chi connectivity index (χ3n) is 6.52. The lowest BCUT2D eigenvalue weighted by Gasteiger charge is -2.29. The Balaban J connectivity index is 1.81. The molecule has 6 heteroatoms. The topological polar surface area (TPSA) is 36.3 Å². The molecule has 3 heterocycles. The second-order valence-electron chi connectivity index (χ2n) is 8.86. The zero-order chi connectivity index (χ0) is 22.8. The second kappa shape index (κ2) is 9.43. The molecule has 1 N–H and O–H groups in total. The highest BCUT2D eigenvalue weighted by atomic mass is 32.1. The molecule has 1 aliphatic rings. The smallest absolute Gasteiger partial charge is 0.170 e. The van der Waals surface area contributed by atoms with Gasteiger partial charge in [0.05, 0.1) is 17.8 Å². The molecule has 1 fully saturated rings. The van der Waals surface area contributed by atoms with Crippen molar-refractivity contribution >= 4 is 17.3 Å². The fraction of sp³-hybridized carbons (Fsp3) is 0.385. The Kier molecular flexibility index (Phi) is 6.63. The Morgan fingerprint density at radius 2 is 1.72 bits per heavy atom. The van der Waals surface area contributed by atoms with Crippen molar-refractivity contribution in [1.29, 1.82) is 0 Å². The number of hydrogen-bond acceptors (Lipinski definition) is 3.